The van der Waals surface area contributed by atoms with Gasteiger partial charge >= 0.3 is 17.9 Å². The Kier molecular flexibility index (Phi) is 8.87. The number of esters is 1. The van der Waals surface area contributed by atoms with E-state index in [0.29, 0.717) is 30.2 Å². The van der Waals surface area contributed by atoms with Gasteiger partial charge in [0.1, 0.15) is 0 Å². The molecule has 9 heteroatoms. The molecule has 0 saturated heterocycles. The Morgan fingerprint density at radius 3 is 2.23 bits per heavy atom. The van der Waals surface area contributed by atoms with Crippen LogP contribution in [0, 0.1) is 50.2 Å². The molecule has 262 valence electrons. The van der Waals surface area contributed by atoms with E-state index in [-0.39, 0.29) is 51.1 Å². The number of allylic oxidation sites excluding steroid dienone is 2. The summed E-state index contributed by atoms with van der Waals surface area (Å²) in [6.07, 6.45) is 10.3. The number of ketones is 1. The van der Waals surface area contributed by atoms with Crippen molar-refractivity contribution >= 4 is 29.6 Å². The van der Waals surface area contributed by atoms with Crippen LogP contribution in [0.4, 0.5) is 0 Å². The molecule has 0 bridgehead atoms. The van der Waals surface area contributed by atoms with Crippen LogP contribution in [-0.4, -0.2) is 52.9 Å². The maximum atomic E-state index is 14.6. The average Bonchev–Trinajstić information content (AvgIpc) is 2.99. The van der Waals surface area contributed by atoms with Crippen LogP contribution in [-0.2, 0) is 33.5 Å². The molecule has 4 fully saturated rings. The first-order chi connectivity index (χ1) is 21.7. The molecule has 5 aliphatic carbocycles. The van der Waals surface area contributed by atoms with Crippen molar-refractivity contribution in [2.45, 2.75) is 138 Å². The lowest BCUT2D eigenvalue weighted by atomic mass is 9.33. The molecule has 0 spiro atoms. The molecule has 0 aromatic rings. The molecule has 0 heterocycles. The number of carbonyl (C=O) groups is 5. The van der Waals surface area contributed by atoms with Crippen LogP contribution in [0.15, 0.2) is 11.6 Å². The van der Waals surface area contributed by atoms with E-state index in [0.717, 1.165) is 51.2 Å². The molecule has 5 rings (SSSR count). The van der Waals surface area contributed by atoms with Crippen molar-refractivity contribution in [2.24, 2.45) is 50.2 Å². The van der Waals surface area contributed by atoms with Gasteiger partial charge in [-0.2, -0.15) is 5.06 Å². The molecular weight excluding hydrogens is 598 g/mol. The highest BCUT2D eigenvalue weighted by Gasteiger charge is 2.69. The molecule has 0 radical (unpaired) electrons. The summed E-state index contributed by atoms with van der Waals surface area (Å²) in [5, 5.41) is 10.3. The molecular formula is C38H57NO8. The maximum Gasteiger partial charge on any atom is 0.332 e. The summed E-state index contributed by atoms with van der Waals surface area (Å²) in [6.45, 7) is 17.6. The summed E-state index contributed by atoms with van der Waals surface area (Å²) in [5.41, 5.74) is -0.351. The molecule has 5 aliphatic rings. The van der Waals surface area contributed by atoms with E-state index in [1.807, 2.05) is 13.0 Å². The fourth-order valence-corrected chi connectivity index (χ4v) is 11.7. The summed E-state index contributed by atoms with van der Waals surface area (Å²) in [4.78, 5) is 71.7. The van der Waals surface area contributed by atoms with Crippen LogP contribution in [0.25, 0.3) is 0 Å². The number of carboxylic acids is 1. The average molecular weight is 656 g/mol. The number of rotatable bonds is 6. The largest absolute Gasteiger partial charge is 0.481 e. The third-order valence-electron chi connectivity index (χ3n) is 14.6. The van der Waals surface area contributed by atoms with E-state index in [1.54, 1.807) is 6.92 Å². The summed E-state index contributed by atoms with van der Waals surface area (Å²) in [5.74, 6) is -3.03. The number of carboxylic acid groups (broad SMARTS) is 1. The van der Waals surface area contributed by atoms with Gasteiger partial charge in [0.05, 0.1) is 18.9 Å². The number of carbonyl (C=O) groups excluding carboxylic acids is 4. The Morgan fingerprint density at radius 2 is 1.62 bits per heavy atom. The second kappa shape index (κ2) is 11.7. The third kappa shape index (κ3) is 5.36. The second-order valence-corrected chi connectivity index (χ2v) is 17.7. The Bertz CT molecular complexity index is 1390. The van der Waals surface area contributed by atoms with E-state index in [2.05, 4.69) is 41.5 Å². The van der Waals surface area contributed by atoms with Crippen LogP contribution >= 0.6 is 0 Å². The fourth-order valence-electron chi connectivity index (χ4n) is 11.7. The highest BCUT2D eigenvalue weighted by atomic mass is 16.7. The lowest BCUT2D eigenvalue weighted by Crippen LogP contribution is -2.65. The number of methoxy groups -OCH3 is 1. The Morgan fingerprint density at radius 1 is 0.957 bits per heavy atom. The minimum absolute atomic E-state index is 0.0520. The molecule has 9 atom stereocenters. The summed E-state index contributed by atoms with van der Waals surface area (Å²) < 4.78 is 4.86. The molecule has 3 unspecified atom stereocenters. The van der Waals surface area contributed by atoms with Crippen molar-refractivity contribution in [2.75, 3.05) is 7.11 Å². The first kappa shape index (κ1) is 35.6. The Labute approximate surface area is 280 Å². The topological polar surface area (TPSA) is 127 Å². The zero-order valence-corrected chi connectivity index (χ0v) is 30.1. The van der Waals surface area contributed by atoms with Crippen LogP contribution in [0.1, 0.15) is 132 Å². The zero-order valence-electron chi connectivity index (χ0n) is 30.1. The van der Waals surface area contributed by atoms with Crippen molar-refractivity contribution in [3.63, 3.8) is 0 Å². The number of fused-ring (bicyclic) bond motifs is 7. The summed E-state index contributed by atoms with van der Waals surface area (Å²) in [7, 11) is 1.11. The van der Waals surface area contributed by atoms with E-state index < -0.39 is 41.7 Å². The monoisotopic (exact) mass is 655 g/mol. The normalized spacial score (nSPS) is 41.1. The van der Waals surface area contributed by atoms with Gasteiger partial charge in [-0.1, -0.05) is 67.4 Å². The number of hydrogen-bond donors (Lipinski definition) is 1. The second-order valence-electron chi connectivity index (χ2n) is 17.7. The van der Waals surface area contributed by atoms with Gasteiger partial charge in [0, 0.05) is 12.3 Å². The highest BCUT2D eigenvalue weighted by Crippen LogP contribution is 2.75. The Balaban J connectivity index is 1.55. The molecule has 4 saturated carbocycles. The van der Waals surface area contributed by atoms with Gasteiger partial charge < -0.3 is 14.7 Å². The van der Waals surface area contributed by atoms with Gasteiger partial charge in [-0.05, 0) is 103 Å². The van der Waals surface area contributed by atoms with Gasteiger partial charge in [-0.15, -0.1) is 0 Å². The van der Waals surface area contributed by atoms with E-state index in [1.165, 1.54) is 6.42 Å². The van der Waals surface area contributed by atoms with Gasteiger partial charge in [-0.3, -0.25) is 14.4 Å². The number of nitrogens with zero attached hydrogens (tertiary/aromatic N) is 1. The first-order valence-electron chi connectivity index (χ1n) is 17.8. The Hall–Kier alpha value is -2.71. The minimum Gasteiger partial charge on any atom is -0.481 e. The fraction of sp³-hybridized carbons (Fsp3) is 0.816. The third-order valence-corrected chi connectivity index (χ3v) is 14.6. The number of hydroxylamine groups is 2. The van der Waals surface area contributed by atoms with Gasteiger partial charge in [0.2, 0.25) is 0 Å². The van der Waals surface area contributed by atoms with Crippen molar-refractivity contribution in [3.05, 3.63) is 11.6 Å². The molecule has 1 amide bonds. The standard InChI is InChI=1S/C38H57NO8/c1-10-29(43)47-39(25(21-28(41)42)31(44)46-9)32(45)35(5)17-16-34(4)18-19-37(7)23(24(34)22-35)20-26(40)30-36(6)14-11-13-33(2,3)27(36)12-15-38(30,37)8/h20,24-25,27,30H,10-19,21-22H2,1-9H3,(H,41,42)/t24-,25-,27?,30?,34+,35?,36-,37+,38+/m0/s1. The zero-order chi connectivity index (χ0) is 35.0. The summed E-state index contributed by atoms with van der Waals surface area (Å²) in [6, 6.07) is -1.62. The first-order valence-corrected chi connectivity index (χ1v) is 17.8. The van der Waals surface area contributed by atoms with Crippen molar-refractivity contribution < 1.29 is 38.7 Å². The van der Waals surface area contributed by atoms with E-state index in [4.69, 9.17) is 9.57 Å². The number of amides is 1. The quantitative estimate of drug-likeness (QED) is 0.238. The lowest BCUT2D eigenvalue weighted by Gasteiger charge is -2.70. The number of hydrogen-bond acceptors (Lipinski definition) is 7. The molecule has 0 aromatic heterocycles. The van der Waals surface area contributed by atoms with E-state index in [9.17, 15) is 29.1 Å². The lowest BCUT2D eigenvalue weighted by molar-refractivity contribution is -0.221. The van der Waals surface area contributed by atoms with E-state index >= 15 is 0 Å². The predicted molar refractivity (Wildman–Crippen MR) is 175 cm³/mol. The van der Waals surface area contributed by atoms with Crippen molar-refractivity contribution in [1.29, 1.82) is 0 Å². The number of ether oxygens (including phenoxy) is 1. The molecule has 47 heavy (non-hydrogen) atoms. The van der Waals surface area contributed by atoms with Crippen molar-refractivity contribution in [3.8, 4) is 0 Å². The molecule has 1 N–H and O–H groups in total. The van der Waals surface area contributed by atoms with Crippen LogP contribution < -0.4 is 0 Å². The molecule has 0 aromatic carbocycles. The smallest absolute Gasteiger partial charge is 0.332 e. The van der Waals surface area contributed by atoms with Gasteiger partial charge in [0.25, 0.3) is 5.91 Å². The molecule has 9 nitrogen and oxygen atoms in total. The number of aliphatic carboxylic acids is 1. The highest BCUT2D eigenvalue weighted by molar-refractivity contribution is 5.96. The van der Waals surface area contributed by atoms with Gasteiger partial charge in [0.15, 0.2) is 11.8 Å². The van der Waals surface area contributed by atoms with Crippen molar-refractivity contribution in [1.82, 2.24) is 5.06 Å². The molecule has 0 aliphatic heterocycles. The summed E-state index contributed by atoms with van der Waals surface area (Å²) >= 11 is 0. The van der Waals surface area contributed by atoms with Crippen LogP contribution in [0.3, 0.4) is 0 Å². The SMILES string of the molecule is CCC(=O)ON(C(=O)C1(C)CC[C@]2(C)CC[C@]3(C)C(=CC(=O)C4[C@@]5(C)CCCC(C)(C)C5CC[C@]43C)[C@@H]2C1)[C@@H](CC(=O)O)C(=O)OC. The maximum absolute atomic E-state index is 14.6. The van der Waals surface area contributed by atoms with Crippen LogP contribution in [0.5, 0.6) is 0 Å². The van der Waals surface area contributed by atoms with Crippen LogP contribution in [0.2, 0.25) is 0 Å². The predicted octanol–water partition coefficient (Wildman–Crippen LogP) is 7.07. The van der Waals surface area contributed by atoms with Gasteiger partial charge in [-0.25, -0.2) is 9.59 Å². The minimum atomic E-state index is -1.62.